The number of carbonyl (C=O) groups is 1. The molecule has 1 atom stereocenters. The number of nitrogens with one attached hydrogen (secondary N) is 1. The fraction of sp³-hybridized carbons (Fsp3) is 0.692. The number of amides is 1. The van der Waals surface area contributed by atoms with Crippen molar-refractivity contribution in [2.75, 3.05) is 13.6 Å². The first kappa shape index (κ1) is 13.5. The summed E-state index contributed by atoms with van der Waals surface area (Å²) in [5.74, 6) is 0.202. The van der Waals surface area contributed by atoms with E-state index in [-0.39, 0.29) is 11.4 Å². The van der Waals surface area contributed by atoms with Gasteiger partial charge in [-0.05, 0) is 32.7 Å². The Kier molecular flexibility index (Phi) is 4.02. The van der Waals surface area contributed by atoms with Gasteiger partial charge in [0.15, 0.2) is 0 Å². The number of aryl methyl sites for hydroxylation is 1. The highest BCUT2D eigenvalue weighted by Gasteiger charge is 2.40. The molecule has 0 saturated carbocycles. The van der Waals surface area contributed by atoms with Crippen LogP contribution in [0, 0.1) is 6.92 Å². The van der Waals surface area contributed by atoms with Gasteiger partial charge in [0.25, 0.3) is 0 Å². The Hall–Kier alpha value is -0.940. The standard InChI is InChI=1S/C13H21N3OS/c1-4-13(6-5-7-14-13)12(17)16(3)8-11-9-18-10(2)15-11/h9,14H,4-8H2,1-3H3. The summed E-state index contributed by atoms with van der Waals surface area (Å²) < 4.78 is 0. The van der Waals surface area contributed by atoms with Crippen molar-refractivity contribution in [3.05, 3.63) is 16.1 Å². The van der Waals surface area contributed by atoms with E-state index in [2.05, 4.69) is 17.2 Å². The van der Waals surface area contributed by atoms with Crippen molar-refractivity contribution in [1.29, 1.82) is 0 Å². The fourth-order valence-corrected chi connectivity index (χ4v) is 3.21. The number of thiazole rings is 1. The van der Waals surface area contributed by atoms with E-state index in [1.54, 1.807) is 16.2 Å². The second kappa shape index (κ2) is 5.36. The maximum atomic E-state index is 12.5. The normalized spacial score (nSPS) is 23.3. The summed E-state index contributed by atoms with van der Waals surface area (Å²) in [6.07, 6.45) is 2.89. The van der Waals surface area contributed by atoms with Crippen LogP contribution in [0.15, 0.2) is 5.38 Å². The lowest BCUT2D eigenvalue weighted by Crippen LogP contribution is -2.53. The highest BCUT2D eigenvalue weighted by molar-refractivity contribution is 7.09. The Balaban J connectivity index is 2.04. The minimum absolute atomic E-state index is 0.202. The predicted octanol–water partition coefficient (Wildman–Crippen LogP) is 1.94. The van der Waals surface area contributed by atoms with Crippen molar-refractivity contribution >= 4 is 17.2 Å². The van der Waals surface area contributed by atoms with Crippen molar-refractivity contribution in [2.24, 2.45) is 0 Å². The van der Waals surface area contributed by atoms with Crippen molar-refractivity contribution in [3.63, 3.8) is 0 Å². The van der Waals surface area contributed by atoms with Crippen LogP contribution in [0.3, 0.4) is 0 Å². The first-order chi connectivity index (χ1) is 8.57. The van der Waals surface area contributed by atoms with Crippen LogP contribution < -0.4 is 5.32 Å². The van der Waals surface area contributed by atoms with Crippen LogP contribution in [0.5, 0.6) is 0 Å². The summed E-state index contributed by atoms with van der Waals surface area (Å²) in [6.45, 7) is 5.62. The zero-order chi connectivity index (χ0) is 13.2. The molecule has 0 aliphatic carbocycles. The first-order valence-corrected chi connectivity index (χ1v) is 7.37. The van der Waals surface area contributed by atoms with Crippen LogP contribution in [-0.2, 0) is 11.3 Å². The zero-order valence-electron chi connectivity index (χ0n) is 11.3. The molecule has 1 fully saturated rings. The second-order valence-electron chi connectivity index (χ2n) is 4.99. The van der Waals surface area contributed by atoms with E-state index in [4.69, 9.17) is 0 Å². The molecular formula is C13H21N3OS. The van der Waals surface area contributed by atoms with Crippen LogP contribution in [-0.4, -0.2) is 34.9 Å². The van der Waals surface area contributed by atoms with Crippen molar-refractivity contribution in [1.82, 2.24) is 15.2 Å². The third-order valence-electron chi connectivity index (χ3n) is 3.67. The molecule has 0 bridgehead atoms. The molecule has 0 aromatic carbocycles. The molecule has 100 valence electrons. The van der Waals surface area contributed by atoms with E-state index in [0.717, 1.165) is 36.5 Å². The Bertz CT molecular complexity index is 424. The molecule has 2 heterocycles. The molecular weight excluding hydrogens is 246 g/mol. The van der Waals surface area contributed by atoms with Crippen molar-refractivity contribution < 1.29 is 4.79 Å². The average molecular weight is 267 g/mol. The van der Waals surface area contributed by atoms with E-state index in [0.29, 0.717) is 6.54 Å². The highest BCUT2D eigenvalue weighted by atomic mass is 32.1. The maximum Gasteiger partial charge on any atom is 0.242 e. The SMILES string of the molecule is CCC1(C(=O)N(C)Cc2csc(C)n2)CCCN1. The van der Waals surface area contributed by atoms with Crippen LogP contribution in [0.2, 0.25) is 0 Å². The van der Waals surface area contributed by atoms with Gasteiger partial charge in [0.1, 0.15) is 0 Å². The van der Waals surface area contributed by atoms with E-state index in [1.807, 2.05) is 19.4 Å². The zero-order valence-corrected chi connectivity index (χ0v) is 12.1. The minimum Gasteiger partial charge on any atom is -0.338 e. The largest absolute Gasteiger partial charge is 0.338 e. The Morgan fingerprint density at radius 1 is 1.67 bits per heavy atom. The predicted molar refractivity (Wildman–Crippen MR) is 73.6 cm³/mol. The summed E-state index contributed by atoms with van der Waals surface area (Å²) in [6, 6.07) is 0. The van der Waals surface area contributed by atoms with Crippen molar-refractivity contribution in [2.45, 2.75) is 45.2 Å². The topological polar surface area (TPSA) is 45.2 Å². The lowest BCUT2D eigenvalue weighted by Gasteiger charge is -2.31. The number of hydrogen-bond donors (Lipinski definition) is 1. The molecule has 4 nitrogen and oxygen atoms in total. The molecule has 1 aliphatic rings. The number of nitrogens with zero attached hydrogens (tertiary/aromatic N) is 2. The minimum atomic E-state index is -0.334. The molecule has 1 aliphatic heterocycles. The second-order valence-corrected chi connectivity index (χ2v) is 6.05. The maximum absolute atomic E-state index is 12.5. The number of hydrogen-bond acceptors (Lipinski definition) is 4. The van der Waals surface area contributed by atoms with Gasteiger partial charge >= 0.3 is 0 Å². The van der Waals surface area contributed by atoms with Crippen LogP contribution in [0.1, 0.15) is 36.9 Å². The molecule has 2 rings (SSSR count). The number of likely N-dealkylation sites (N-methyl/N-ethyl adjacent to an activating group) is 1. The third-order valence-corrected chi connectivity index (χ3v) is 4.49. The van der Waals surface area contributed by atoms with E-state index in [9.17, 15) is 4.79 Å². The molecule has 0 spiro atoms. The van der Waals surface area contributed by atoms with Gasteiger partial charge in [0.2, 0.25) is 5.91 Å². The Morgan fingerprint density at radius 3 is 2.94 bits per heavy atom. The van der Waals surface area contributed by atoms with Gasteiger partial charge in [-0.3, -0.25) is 4.79 Å². The van der Waals surface area contributed by atoms with Crippen molar-refractivity contribution in [3.8, 4) is 0 Å². The summed E-state index contributed by atoms with van der Waals surface area (Å²) in [7, 11) is 1.87. The molecule has 5 heteroatoms. The molecule has 1 aromatic heterocycles. The lowest BCUT2D eigenvalue weighted by molar-refractivity contribution is -0.137. The number of rotatable bonds is 4. The monoisotopic (exact) mass is 267 g/mol. The highest BCUT2D eigenvalue weighted by Crippen LogP contribution is 2.25. The lowest BCUT2D eigenvalue weighted by atomic mass is 9.92. The van der Waals surface area contributed by atoms with Gasteiger partial charge in [-0.15, -0.1) is 11.3 Å². The molecule has 1 N–H and O–H groups in total. The van der Waals surface area contributed by atoms with Gasteiger partial charge in [-0.25, -0.2) is 4.98 Å². The molecule has 1 aromatic rings. The molecule has 0 radical (unpaired) electrons. The summed E-state index contributed by atoms with van der Waals surface area (Å²) >= 11 is 1.63. The molecule has 1 unspecified atom stereocenters. The number of carbonyl (C=O) groups excluding carboxylic acids is 1. The van der Waals surface area contributed by atoms with E-state index >= 15 is 0 Å². The van der Waals surface area contributed by atoms with Crippen LogP contribution in [0.4, 0.5) is 0 Å². The van der Waals surface area contributed by atoms with Gasteiger partial charge in [-0.2, -0.15) is 0 Å². The first-order valence-electron chi connectivity index (χ1n) is 6.49. The summed E-state index contributed by atoms with van der Waals surface area (Å²) in [4.78, 5) is 18.8. The van der Waals surface area contributed by atoms with Crippen LogP contribution in [0.25, 0.3) is 0 Å². The van der Waals surface area contributed by atoms with Gasteiger partial charge in [-0.1, -0.05) is 6.92 Å². The van der Waals surface area contributed by atoms with E-state index < -0.39 is 0 Å². The Labute approximate surface area is 112 Å². The third kappa shape index (κ3) is 2.57. The smallest absolute Gasteiger partial charge is 0.242 e. The average Bonchev–Trinajstić information content (AvgIpc) is 2.98. The number of aromatic nitrogens is 1. The van der Waals surface area contributed by atoms with Gasteiger partial charge in [0, 0.05) is 12.4 Å². The summed E-state index contributed by atoms with van der Waals surface area (Å²) in [5.41, 5.74) is 0.650. The van der Waals surface area contributed by atoms with Gasteiger partial charge in [0.05, 0.1) is 22.8 Å². The molecule has 18 heavy (non-hydrogen) atoms. The molecule has 1 saturated heterocycles. The quantitative estimate of drug-likeness (QED) is 0.907. The summed E-state index contributed by atoms with van der Waals surface area (Å²) in [5, 5.41) is 6.46. The molecule has 1 amide bonds. The van der Waals surface area contributed by atoms with Gasteiger partial charge < -0.3 is 10.2 Å². The van der Waals surface area contributed by atoms with E-state index in [1.165, 1.54) is 0 Å². The fourth-order valence-electron chi connectivity index (χ4n) is 2.60. The van der Waals surface area contributed by atoms with Crippen LogP contribution >= 0.6 is 11.3 Å². The Morgan fingerprint density at radius 2 is 2.44 bits per heavy atom.